The first-order chi connectivity index (χ1) is 18.8. The van der Waals surface area contributed by atoms with E-state index in [1.807, 2.05) is 34.5 Å². The monoisotopic (exact) mass is 572 g/mol. The molecular weight excluding hydrogens is 552 g/mol. The SMILES string of the molecule is COC(=O)CO/N=C(/C(=O)NC1C(=O)N2C(C(=O)[O-])=C(C[n+]3ccc4ccsc4c3)CS[C@H]12)c1cc(N)on1. The van der Waals surface area contributed by atoms with Gasteiger partial charge in [-0.05, 0) is 11.4 Å². The fraction of sp³-hybridized carbons (Fsp3) is 0.261. The largest absolute Gasteiger partial charge is 0.543 e. The lowest BCUT2D eigenvalue weighted by Gasteiger charge is -2.50. The first-order valence-electron chi connectivity index (χ1n) is 11.3. The van der Waals surface area contributed by atoms with Crippen molar-refractivity contribution in [2.24, 2.45) is 5.16 Å². The molecule has 1 saturated heterocycles. The number of thioether (sulfide) groups is 1. The fourth-order valence-electron chi connectivity index (χ4n) is 4.08. The average molecular weight is 573 g/mol. The normalized spacial score (nSPS) is 18.9. The van der Waals surface area contributed by atoms with Crippen LogP contribution in [-0.2, 0) is 35.3 Å². The van der Waals surface area contributed by atoms with E-state index in [4.69, 9.17) is 15.1 Å². The summed E-state index contributed by atoms with van der Waals surface area (Å²) in [6, 6.07) is 4.06. The summed E-state index contributed by atoms with van der Waals surface area (Å²) in [5.74, 6) is -3.56. The topological polar surface area (TPSA) is 193 Å². The molecule has 14 nitrogen and oxygen atoms in total. The van der Waals surface area contributed by atoms with Crippen LogP contribution in [0.2, 0.25) is 0 Å². The summed E-state index contributed by atoms with van der Waals surface area (Å²) >= 11 is 2.87. The molecule has 5 heterocycles. The van der Waals surface area contributed by atoms with Crippen molar-refractivity contribution in [1.82, 2.24) is 15.4 Å². The number of nitrogens with two attached hydrogens (primary N) is 1. The lowest BCUT2D eigenvalue weighted by atomic mass is 10.0. The van der Waals surface area contributed by atoms with Gasteiger partial charge in [0.05, 0.1) is 23.5 Å². The molecule has 0 spiro atoms. The second-order valence-corrected chi connectivity index (χ2v) is 10.4. The highest BCUT2D eigenvalue weighted by atomic mass is 32.2. The number of carboxylic acid groups (broad SMARTS) is 1. The van der Waals surface area contributed by atoms with Crippen LogP contribution in [0.25, 0.3) is 10.1 Å². The lowest BCUT2D eigenvalue weighted by molar-refractivity contribution is -0.687. The number of fused-ring (bicyclic) bond motifs is 2. The number of rotatable bonds is 9. The molecule has 2 aliphatic rings. The van der Waals surface area contributed by atoms with Crippen LogP contribution in [0.1, 0.15) is 5.69 Å². The number of anilines is 1. The number of β-lactam (4-membered cyclic amide) rings is 1. The number of pyridine rings is 1. The Balaban J connectivity index is 1.33. The molecule has 5 rings (SSSR count). The van der Waals surface area contributed by atoms with E-state index in [0.29, 0.717) is 11.3 Å². The highest BCUT2D eigenvalue weighted by Gasteiger charge is 2.53. The minimum Gasteiger partial charge on any atom is -0.543 e. The Morgan fingerprint density at radius 2 is 2.21 bits per heavy atom. The van der Waals surface area contributed by atoms with Gasteiger partial charge in [0.25, 0.3) is 11.8 Å². The van der Waals surface area contributed by atoms with Crippen molar-refractivity contribution < 1.29 is 42.9 Å². The van der Waals surface area contributed by atoms with E-state index in [-0.39, 0.29) is 23.8 Å². The van der Waals surface area contributed by atoms with Crippen LogP contribution in [0.5, 0.6) is 0 Å². The molecule has 0 aliphatic carbocycles. The van der Waals surface area contributed by atoms with Gasteiger partial charge in [0, 0.05) is 28.8 Å². The Morgan fingerprint density at radius 3 is 2.92 bits per heavy atom. The molecule has 2 amide bonds. The lowest BCUT2D eigenvalue weighted by Crippen LogP contribution is -2.71. The molecule has 0 bridgehead atoms. The van der Waals surface area contributed by atoms with Gasteiger partial charge in [-0.15, -0.1) is 23.1 Å². The van der Waals surface area contributed by atoms with Crippen LogP contribution >= 0.6 is 23.1 Å². The predicted octanol–water partition coefficient (Wildman–Crippen LogP) is -1.24. The zero-order valence-corrected chi connectivity index (χ0v) is 21.8. The van der Waals surface area contributed by atoms with Crippen molar-refractivity contribution >= 4 is 68.5 Å². The summed E-state index contributed by atoms with van der Waals surface area (Å²) in [6.07, 6.45) is 3.75. The van der Waals surface area contributed by atoms with Crippen LogP contribution in [0.3, 0.4) is 0 Å². The maximum Gasteiger partial charge on any atom is 0.346 e. The number of methoxy groups -OCH3 is 1. The maximum absolute atomic E-state index is 13.1. The smallest absolute Gasteiger partial charge is 0.346 e. The molecule has 16 heteroatoms. The first-order valence-corrected chi connectivity index (χ1v) is 13.2. The quantitative estimate of drug-likeness (QED) is 0.102. The maximum atomic E-state index is 13.1. The van der Waals surface area contributed by atoms with Crippen molar-refractivity contribution in [3.05, 3.63) is 52.9 Å². The number of nitrogens with one attached hydrogen (secondary N) is 1. The Morgan fingerprint density at radius 1 is 1.38 bits per heavy atom. The highest BCUT2D eigenvalue weighted by molar-refractivity contribution is 8.00. The predicted molar refractivity (Wildman–Crippen MR) is 134 cm³/mol. The standard InChI is InChI=1S/C23H20N6O8S2/c1-35-16(30)9-36-27-17(13-6-15(24)37-26-13)20(31)25-18-21(32)29-19(23(33)34)12(10-39-22(18)29)7-28-4-2-11-3-5-38-14(11)8-28/h2-6,8,18,22H,7,9-10H2,1H3,(H3-,24,25,26,31,33,34)/b27-17+/t18?,22-/m1/s1. The van der Waals surface area contributed by atoms with E-state index in [2.05, 4.69) is 20.4 Å². The van der Waals surface area contributed by atoms with E-state index in [9.17, 15) is 24.3 Å². The van der Waals surface area contributed by atoms with Crippen LogP contribution < -0.4 is 20.7 Å². The molecule has 202 valence electrons. The molecule has 2 atom stereocenters. The molecule has 3 aromatic heterocycles. The number of amides is 2. The number of nitrogen functional groups attached to an aromatic ring is 1. The van der Waals surface area contributed by atoms with E-state index >= 15 is 0 Å². The van der Waals surface area contributed by atoms with Gasteiger partial charge in [0.2, 0.25) is 12.5 Å². The van der Waals surface area contributed by atoms with Crippen molar-refractivity contribution in [3.63, 3.8) is 0 Å². The van der Waals surface area contributed by atoms with E-state index in [1.165, 1.54) is 17.8 Å². The number of carbonyl (C=O) groups is 4. The van der Waals surface area contributed by atoms with Gasteiger partial charge in [-0.3, -0.25) is 14.5 Å². The third-order valence-electron chi connectivity index (χ3n) is 5.91. The minimum absolute atomic E-state index is 0.105. The van der Waals surface area contributed by atoms with Crippen LogP contribution in [0, 0.1) is 0 Å². The molecule has 0 saturated carbocycles. The average Bonchev–Trinajstić information content (AvgIpc) is 3.57. The molecule has 0 radical (unpaired) electrons. The second-order valence-electron chi connectivity index (χ2n) is 8.36. The zero-order chi connectivity index (χ0) is 27.7. The Kier molecular flexibility index (Phi) is 7.21. The number of aromatic nitrogens is 2. The van der Waals surface area contributed by atoms with Crippen LogP contribution in [0.4, 0.5) is 5.88 Å². The summed E-state index contributed by atoms with van der Waals surface area (Å²) in [5.41, 5.74) is 5.31. The van der Waals surface area contributed by atoms with Gasteiger partial charge in [-0.25, -0.2) is 4.79 Å². The number of ether oxygens (including phenoxy) is 1. The fourth-order valence-corrected chi connectivity index (χ4v) is 6.24. The number of hydrogen-bond donors (Lipinski definition) is 2. The van der Waals surface area contributed by atoms with E-state index in [1.54, 1.807) is 11.3 Å². The molecular formula is C23H20N6O8S2. The van der Waals surface area contributed by atoms with Gasteiger partial charge < -0.3 is 35.0 Å². The van der Waals surface area contributed by atoms with Gasteiger partial charge in [-0.1, -0.05) is 10.3 Å². The summed E-state index contributed by atoms with van der Waals surface area (Å²) in [6.45, 7) is -0.338. The van der Waals surface area contributed by atoms with Crippen LogP contribution in [-0.4, -0.2) is 70.4 Å². The molecule has 3 aromatic rings. The van der Waals surface area contributed by atoms with Gasteiger partial charge in [0.1, 0.15) is 17.1 Å². The van der Waals surface area contributed by atoms with E-state index in [0.717, 1.165) is 22.1 Å². The summed E-state index contributed by atoms with van der Waals surface area (Å²) in [7, 11) is 1.15. The second kappa shape index (κ2) is 10.7. The number of hydrogen-bond acceptors (Lipinski definition) is 13. The zero-order valence-electron chi connectivity index (χ0n) is 20.2. The highest BCUT2D eigenvalue weighted by Crippen LogP contribution is 2.40. The summed E-state index contributed by atoms with van der Waals surface area (Å²) < 4.78 is 12.1. The number of aliphatic carboxylic acids is 1. The molecule has 0 aromatic carbocycles. The third kappa shape index (κ3) is 5.15. The van der Waals surface area contributed by atoms with Crippen molar-refractivity contribution in [2.45, 2.75) is 18.0 Å². The van der Waals surface area contributed by atoms with Crippen LogP contribution in [0.15, 0.2) is 56.9 Å². The molecule has 39 heavy (non-hydrogen) atoms. The Hall–Kier alpha value is -4.44. The van der Waals surface area contributed by atoms with Gasteiger partial charge in [0.15, 0.2) is 24.7 Å². The first kappa shape index (κ1) is 26.2. The number of esters is 1. The molecule has 2 aliphatic heterocycles. The number of carboxylic acids is 1. The number of carbonyl (C=O) groups excluding carboxylic acids is 4. The van der Waals surface area contributed by atoms with Gasteiger partial charge >= 0.3 is 5.97 Å². The summed E-state index contributed by atoms with van der Waals surface area (Å²) in [4.78, 5) is 55.5. The number of oxime groups is 1. The van der Waals surface area contributed by atoms with Crippen molar-refractivity contribution in [3.8, 4) is 0 Å². The molecule has 1 unspecified atom stereocenters. The molecule has 1 fully saturated rings. The Labute approximate surface area is 228 Å². The minimum atomic E-state index is -1.48. The van der Waals surface area contributed by atoms with E-state index < -0.39 is 47.5 Å². The molecule has 3 N–H and O–H groups in total. The van der Waals surface area contributed by atoms with Crippen molar-refractivity contribution in [1.29, 1.82) is 0 Å². The number of nitrogens with zero attached hydrogens (tertiary/aromatic N) is 4. The Bertz CT molecular complexity index is 1550. The third-order valence-corrected chi connectivity index (χ3v) is 8.12. The van der Waals surface area contributed by atoms with Gasteiger partial charge in [-0.2, -0.15) is 4.57 Å². The number of thiophene rings is 1. The summed E-state index contributed by atoms with van der Waals surface area (Å²) in [5, 5.41) is 24.2. The van der Waals surface area contributed by atoms with Crippen molar-refractivity contribution in [2.75, 3.05) is 25.2 Å².